The highest BCUT2D eigenvalue weighted by molar-refractivity contribution is 7.14. The fourth-order valence-corrected chi connectivity index (χ4v) is 2.48. The Morgan fingerprint density at radius 1 is 1.38 bits per heavy atom. The van der Waals surface area contributed by atoms with Crippen molar-refractivity contribution in [1.29, 1.82) is 5.26 Å². The molecular formula is C14H13N3O3S. The first-order valence-electron chi connectivity index (χ1n) is 5.98. The number of rotatable bonds is 5. The number of nitrogens with zero attached hydrogens (tertiary/aromatic N) is 1. The van der Waals surface area contributed by atoms with Crippen molar-refractivity contribution in [2.45, 2.75) is 6.61 Å². The minimum Gasteiger partial charge on any atom is -0.493 e. The second-order valence-electron chi connectivity index (χ2n) is 4.01. The summed E-state index contributed by atoms with van der Waals surface area (Å²) in [6.07, 6.45) is 0. The average molecular weight is 303 g/mol. The Labute approximate surface area is 125 Å². The van der Waals surface area contributed by atoms with E-state index >= 15 is 0 Å². The van der Waals surface area contributed by atoms with Crippen LogP contribution in [0.5, 0.6) is 11.5 Å². The summed E-state index contributed by atoms with van der Waals surface area (Å²) in [5, 5.41) is 8.84. The number of hydrogen-bond donors (Lipinski definition) is 2. The highest BCUT2D eigenvalue weighted by Crippen LogP contribution is 2.29. The molecule has 0 aliphatic rings. The van der Waals surface area contributed by atoms with Crippen LogP contribution in [-0.2, 0) is 6.61 Å². The minimum absolute atomic E-state index is 0.296. The molecule has 2 rings (SSSR count). The largest absolute Gasteiger partial charge is 0.493 e. The number of nitrogens with two attached hydrogens (primary N) is 1. The Balaban J connectivity index is 2.08. The van der Waals surface area contributed by atoms with Crippen molar-refractivity contribution >= 4 is 17.2 Å². The molecule has 108 valence electrons. The third-order valence-corrected chi connectivity index (χ3v) is 3.74. The highest BCUT2D eigenvalue weighted by Gasteiger charge is 2.10. The Morgan fingerprint density at radius 3 is 2.86 bits per heavy atom. The predicted molar refractivity (Wildman–Crippen MR) is 78.0 cm³/mol. The Hall–Kier alpha value is -2.56. The van der Waals surface area contributed by atoms with Crippen molar-refractivity contribution in [3.63, 3.8) is 0 Å². The number of ether oxygens (including phenoxy) is 2. The predicted octanol–water partition coefficient (Wildman–Crippen LogP) is 1.81. The van der Waals surface area contributed by atoms with Crippen LogP contribution in [0.4, 0.5) is 0 Å². The summed E-state index contributed by atoms with van der Waals surface area (Å²) < 4.78 is 10.8. The van der Waals surface area contributed by atoms with E-state index in [1.165, 1.54) is 18.4 Å². The summed E-state index contributed by atoms with van der Waals surface area (Å²) in [6, 6.07) is 10.5. The molecule has 0 unspecified atom stereocenters. The second kappa shape index (κ2) is 6.74. The summed E-state index contributed by atoms with van der Waals surface area (Å²) in [5.74, 6) is 5.77. The molecule has 7 heteroatoms. The van der Waals surface area contributed by atoms with Crippen molar-refractivity contribution in [3.8, 4) is 17.6 Å². The number of amides is 1. The number of hydrogen-bond acceptors (Lipinski definition) is 6. The van der Waals surface area contributed by atoms with Gasteiger partial charge in [-0.05, 0) is 24.3 Å². The molecule has 0 fully saturated rings. The molecule has 21 heavy (non-hydrogen) atoms. The van der Waals surface area contributed by atoms with E-state index in [1.807, 2.05) is 6.07 Å². The third kappa shape index (κ3) is 3.51. The van der Waals surface area contributed by atoms with E-state index in [0.29, 0.717) is 28.5 Å². The van der Waals surface area contributed by atoms with Crippen LogP contribution in [0.2, 0.25) is 0 Å². The number of methoxy groups -OCH3 is 1. The van der Waals surface area contributed by atoms with Crippen molar-refractivity contribution in [2.75, 3.05) is 7.11 Å². The summed E-state index contributed by atoms with van der Waals surface area (Å²) in [5.41, 5.74) is 2.58. The molecule has 1 aromatic carbocycles. The molecule has 1 amide bonds. The van der Waals surface area contributed by atoms with Gasteiger partial charge in [-0.3, -0.25) is 10.2 Å². The van der Waals surface area contributed by atoms with Crippen molar-refractivity contribution in [1.82, 2.24) is 5.43 Å². The molecule has 1 aromatic heterocycles. The molecule has 0 aliphatic carbocycles. The zero-order chi connectivity index (χ0) is 15.2. The van der Waals surface area contributed by atoms with Gasteiger partial charge in [-0.1, -0.05) is 0 Å². The molecule has 0 saturated heterocycles. The van der Waals surface area contributed by atoms with Crippen LogP contribution in [0, 0.1) is 11.3 Å². The minimum atomic E-state index is -0.331. The molecule has 1 heterocycles. The number of carbonyl (C=O) groups is 1. The first kappa shape index (κ1) is 14.8. The molecule has 0 spiro atoms. The monoisotopic (exact) mass is 303 g/mol. The van der Waals surface area contributed by atoms with E-state index in [4.69, 9.17) is 20.6 Å². The van der Waals surface area contributed by atoms with E-state index < -0.39 is 0 Å². The van der Waals surface area contributed by atoms with E-state index in [1.54, 1.807) is 30.3 Å². The summed E-state index contributed by atoms with van der Waals surface area (Å²) in [7, 11) is 1.51. The van der Waals surface area contributed by atoms with Crippen LogP contribution in [0.3, 0.4) is 0 Å². The number of nitriles is 1. The van der Waals surface area contributed by atoms with Gasteiger partial charge in [0.15, 0.2) is 11.5 Å². The summed E-state index contributed by atoms with van der Waals surface area (Å²) in [6.45, 7) is 0.296. The molecule has 0 radical (unpaired) electrons. The van der Waals surface area contributed by atoms with Crippen molar-refractivity contribution in [2.24, 2.45) is 5.84 Å². The van der Waals surface area contributed by atoms with Crippen molar-refractivity contribution < 1.29 is 14.3 Å². The zero-order valence-corrected chi connectivity index (χ0v) is 12.1. The summed E-state index contributed by atoms with van der Waals surface area (Å²) >= 11 is 1.30. The first-order chi connectivity index (χ1) is 10.2. The number of nitrogen functional groups attached to an aromatic ring is 1. The maximum absolute atomic E-state index is 11.4. The summed E-state index contributed by atoms with van der Waals surface area (Å²) in [4.78, 5) is 12.7. The van der Waals surface area contributed by atoms with Crippen LogP contribution >= 0.6 is 11.3 Å². The standard InChI is InChI=1S/C14H13N3O3S/c1-19-12-6-9(7-15)2-4-11(12)20-8-10-3-5-13(21-10)14(18)17-16/h2-6H,8,16H2,1H3,(H,17,18). The molecule has 6 nitrogen and oxygen atoms in total. The van der Waals surface area contributed by atoms with E-state index in [2.05, 4.69) is 5.43 Å². The Kier molecular flexibility index (Phi) is 4.77. The van der Waals surface area contributed by atoms with Crippen LogP contribution in [0.15, 0.2) is 30.3 Å². The van der Waals surface area contributed by atoms with Gasteiger partial charge < -0.3 is 9.47 Å². The van der Waals surface area contributed by atoms with Gasteiger partial charge in [-0.25, -0.2) is 5.84 Å². The van der Waals surface area contributed by atoms with Gasteiger partial charge in [0.05, 0.1) is 23.6 Å². The van der Waals surface area contributed by atoms with Crippen LogP contribution in [0.25, 0.3) is 0 Å². The molecule has 0 bridgehead atoms. The number of nitrogens with one attached hydrogen (secondary N) is 1. The maximum Gasteiger partial charge on any atom is 0.275 e. The maximum atomic E-state index is 11.4. The number of thiophene rings is 1. The van der Waals surface area contributed by atoms with Crippen LogP contribution < -0.4 is 20.7 Å². The first-order valence-corrected chi connectivity index (χ1v) is 6.80. The fourth-order valence-electron chi connectivity index (χ4n) is 1.65. The van der Waals surface area contributed by atoms with Crippen LogP contribution in [0.1, 0.15) is 20.1 Å². The highest BCUT2D eigenvalue weighted by atomic mass is 32.1. The fraction of sp³-hybridized carbons (Fsp3) is 0.143. The van der Waals surface area contributed by atoms with Gasteiger partial charge in [0.25, 0.3) is 5.91 Å². The molecule has 0 saturated carbocycles. The molecule has 0 atom stereocenters. The Morgan fingerprint density at radius 2 is 2.19 bits per heavy atom. The van der Waals surface area contributed by atoms with E-state index in [0.717, 1.165) is 4.88 Å². The number of benzene rings is 1. The van der Waals surface area contributed by atoms with Gasteiger partial charge in [-0.15, -0.1) is 11.3 Å². The van der Waals surface area contributed by atoms with Gasteiger partial charge in [0.2, 0.25) is 0 Å². The van der Waals surface area contributed by atoms with E-state index in [-0.39, 0.29) is 5.91 Å². The molecule has 3 N–H and O–H groups in total. The van der Waals surface area contributed by atoms with Crippen molar-refractivity contribution in [3.05, 3.63) is 45.6 Å². The third-order valence-electron chi connectivity index (χ3n) is 2.68. The topological polar surface area (TPSA) is 97.4 Å². The number of carbonyl (C=O) groups excluding carboxylic acids is 1. The molecule has 0 aliphatic heterocycles. The number of hydrazine groups is 1. The van der Waals surface area contributed by atoms with Gasteiger partial charge in [-0.2, -0.15) is 5.26 Å². The normalized spacial score (nSPS) is 9.76. The lowest BCUT2D eigenvalue weighted by Crippen LogP contribution is -2.29. The smallest absolute Gasteiger partial charge is 0.275 e. The van der Waals surface area contributed by atoms with Gasteiger partial charge >= 0.3 is 0 Å². The average Bonchev–Trinajstić information content (AvgIpc) is 3.00. The SMILES string of the molecule is COc1cc(C#N)ccc1OCc1ccc(C(=O)NN)s1. The lowest BCUT2D eigenvalue weighted by molar-refractivity contribution is 0.0957. The quantitative estimate of drug-likeness (QED) is 0.499. The Bertz CT molecular complexity index is 691. The molecule has 2 aromatic rings. The van der Waals surface area contributed by atoms with Crippen LogP contribution in [-0.4, -0.2) is 13.0 Å². The zero-order valence-electron chi connectivity index (χ0n) is 11.3. The van der Waals surface area contributed by atoms with Gasteiger partial charge in [0.1, 0.15) is 6.61 Å². The second-order valence-corrected chi connectivity index (χ2v) is 5.17. The lowest BCUT2D eigenvalue weighted by atomic mass is 10.2. The van der Waals surface area contributed by atoms with E-state index in [9.17, 15) is 4.79 Å². The lowest BCUT2D eigenvalue weighted by Gasteiger charge is -2.09. The molecular weight excluding hydrogens is 290 g/mol. The van der Waals surface area contributed by atoms with Gasteiger partial charge in [0, 0.05) is 10.9 Å².